The standard InChI is InChI=1S/C40H58N8/c1-9-17-25-26(18-10-2)34-41-33(25)45-35-27(19-11-3)28(20-12-4)37(42-35)47-39-31(23-15-7)32(24-16-8)40(44-39)48-38-30(22-14-6)29(21-13-5)36(43-38)46-34/h9-24H2,1-8H3,(H2,41,42,43,44,45,46,47,48). The van der Waals surface area contributed by atoms with E-state index in [0.717, 1.165) is 149 Å². The lowest BCUT2D eigenvalue weighted by Gasteiger charge is -2.06. The Morgan fingerprint density at radius 1 is 0.292 bits per heavy atom. The number of fused-ring (bicyclic) bond motifs is 8. The summed E-state index contributed by atoms with van der Waals surface area (Å²) in [6, 6.07) is 0. The van der Waals surface area contributed by atoms with Crippen molar-refractivity contribution in [1.82, 2.24) is 39.9 Å². The minimum absolute atomic E-state index is 0.775. The molecule has 0 aromatic carbocycles. The zero-order valence-corrected chi connectivity index (χ0v) is 31.0. The Bertz CT molecular complexity index is 1690. The SMILES string of the molecule is CCCC1=C(CCC)c2nc1nc1nc(nc3[nH]c(nc4[nH]c(n2)c(CCC)c4CCC)c(CCC)c3CCC)C(CCC)=C1CCC. The zero-order chi connectivity index (χ0) is 34.2. The van der Waals surface area contributed by atoms with Gasteiger partial charge in [0, 0.05) is 44.5 Å². The molecule has 0 radical (unpaired) electrons. The summed E-state index contributed by atoms with van der Waals surface area (Å²) >= 11 is 0. The quantitative estimate of drug-likeness (QED) is 0.160. The molecule has 258 valence electrons. The van der Waals surface area contributed by atoms with E-state index in [1.54, 1.807) is 0 Å². The van der Waals surface area contributed by atoms with Crippen LogP contribution in [0.15, 0.2) is 0 Å². The molecule has 5 rings (SSSR count). The average Bonchev–Trinajstić information content (AvgIpc) is 3.75. The molecule has 0 unspecified atom stereocenters. The largest absolute Gasteiger partial charge is 0.324 e. The topological polar surface area (TPSA) is 109 Å². The number of aromatic amines is 2. The smallest absolute Gasteiger partial charge is 0.160 e. The van der Waals surface area contributed by atoms with Gasteiger partial charge in [-0.1, -0.05) is 107 Å². The molecule has 8 nitrogen and oxygen atoms in total. The number of allylic oxidation sites excluding steroid dienone is 4. The van der Waals surface area contributed by atoms with Gasteiger partial charge in [-0.15, -0.1) is 0 Å². The molecular formula is C40H58N8. The van der Waals surface area contributed by atoms with Crippen LogP contribution < -0.4 is 0 Å². The van der Waals surface area contributed by atoms with E-state index >= 15 is 0 Å². The van der Waals surface area contributed by atoms with Crippen molar-refractivity contribution in [2.75, 3.05) is 0 Å². The Morgan fingerprint density at radius 3 is 0.771 bits per heavy atom. The summed E-state index contributed by atoms with van der Waals surface area (Å²) in [4.78, 5) is 39.4. The van der Waals surface area contributed by atoms with Gasteiger partial charge >= 0.3 is 0 Å². The highest BCUT2D eigenvalue weighted by Gasteiger charge is 2.26. The number of nitrogens with one attached hydrogen (secondary N) is 2. The van der Waals surface area contributed by atoms with Crippen molar-refractivity contribution in [2.24, 2.45) is 0 Å². The summed E-state index contributed by atoms with van der Waals surface area (Å²) in [7, 11) is 0. The van der Waals surface area contributed by atoms with Crippen LogP contribution in [0, 0.1) is 0 Å². The van der Waals surface area contributed by atoms with Crippen molar-refractivity contribution in [2.45, 2.75) is 158 Å². The van der Waals surface area contributed by atoms with Gasteiger partial charge in [-0.3, -0.25) is 0 Å². The van der Waals surface area contributed by atoms with Crippen LogP contribution in [-0.2, 0) is 25.7 Å². The summed E-state index contributed by atoms with van der Waals surface area (Å²) in [6.45, 7) is 17.9. The first kappa shape index (κ1) is 35.6. The number of rotatable bonds is 16. The van der Waals surface area contributed by atoms with Gasteiger partial charge in [-0.25, -0.2) is 29.9 Å². The molecule has 0 spiro atoms. The summed E-state index contributed by atoms with van der Waals surface area (Å²) in [5.74, 6) is 3.13. The number of nitrogens with zero attached hydrogens (tertiary/aromatic N) is 6. The van der Waals surface area contributed by atoms with Gasteiger partial charge < -0.3 is 9.97 Å². The predicted molar refractivity (Wildman–Crippen MR) is 201 cm³/mol. The molecule has 3 aromatic rings. The first-order valence-electron chi connectivity index (χ1n) is 19.2. The van der Waals surface area contributed by atoms with Gasteiger partial charge in [-0.2, -0.15) is 0 Å². The highest BCUT2D eigenvalue weighted by Crippen LogP contribution is 2.38. The molecule has 8 bridgehead atoms. The number of hydrogen-bond donors (Lipinski definition) is 2. The molecule has 0 atom stereocenters. The van der Waals surface area contributed by atoms with Crippen LogP contribution in [-0.4, -0.2) is 39.9 Å². The number of aryl methyl sites for hydroxylation is 4. The summed E-state index contributed by atoms with van der Waals surface area (Å²) in [5.41, 5.74) is 13.6. The van der Waals surface area contributed by atoms with Crippen LogP contribution >= 0.6 is 0 Å². The molecule has 48 heavy (non-hydrogen) atoms. The van der Waals surface area contributed by atoms with Crippen molar-refractivity contribution in [1.29, 1.82) is 0 Å². The number of H-pyrrole nitrogens is 2. The molecule has 5 heterocycles. The molecule has 2 aliphatic rings. The lowest BCUT2D eigenvalue weighted by molar-refractivity contribution is 0.870. The second-order valence-electron chi connectivity index (χ2n) is 13.4. The maximum Gasteiger partial charge on any atom is 0.160 e. The molecule has 0 aliphatic carbocycles. The highest BCUT2D eigenvalue weighted by atomic mass is 15.1. The molecule has 2 aliphatic heterocycles. The van der Waals surface area contributed by atoms with Crippen LogP contribution in [0.1, 0.15) is 178 Å². The first-order chi connectivity index (χ1) is 23.5. The van der Waals surface area contributed by atoms with E-state index in [1.165, 1.54) is 44.5 Å². The van der Waals surface area contributed by atoms with Gasteiger partial charge in [0.2, 0.25) is 0 Å². The maximum atomic E-state index is 5.41. The predicted octanol–water partition coefficient (Wildman–Crippen LogP) is 10.7. The number of aromatic nitrogens is 8. The molecule has 2 N–H and O–H groups in total. The van der Waals surface area contributed by atoms with Gasteiger partial charge in [-0.05, 0) is 51.4 Å². The summed E-state index contributed by atoms with van der Waals surface area (Å²) in [6.07, 6.45) is 15.7. The molecule has 0 amide bonds. The Hall–Kier alpha value is -3.68. The first-order valence-corrected chi connectivity index (χ1v) is 19.2. The number of hydrogen-bond acceptors (Lipinski definition) is 6. The van der Waals surface area contributed by atoms with E-state index in [2.05, 4.69) is 65.4 Å². The summed E-state index contributed by atoms with van der Waals surface area (Å²) in [5, 5.41) is 0. The molecule has 8 heteroatoms. The highest BCUT2D eigenvalue weighted by molar-refractivity contribution is 5.92. The van der Waals surface area contributed by atoms with Gasteiger partial charge in [0.1, 0.15) is 22.6 Å². The van der Waals surface area contributed by atoms with E-state index in [-0.39, 0.29) is 0 Å². The molecule has 0 fully saturated rings. The Labute approximate surface area is 287 Å². The van der Waals surface area contributed by atoms with Crippen LogP contribution in [0.3, 0.4) is 0 Å². The molecular weight excluding hydrogens is 592 g/mol. The second-order valence-corrected chi connectivity index (χ2v) is 13.4. The minimum atomic E-state index is 0.775. The van der Waals surface area contributed by atoms with E-state index in [4.69, 9.17) is 29.9 Å². The van der Waals surface area contributed by atoms with E-state index < -0.39 is 0 Å². The van der Waals surface area contributed by atoms with Crippen LogP contribution in [0.4, 0.5) is 0 Å². The van der Waals surface area contributed by atoms with Crippen molar-refractivity contribution >= 4 is 44.9 Å². The van der Waals surface area contributed by atoms with E-state index in [9.17, 15) is 0 Å². The minimum Gasteiger partial charge on any atom is -0.324 e. The van der Waals surface area contributed by atoms with Gasteiger partial charge in [0.15, 0.2) is 23.3 Å². The molecule has 0 saturated heterocycles. The molecule has 0 saturated carbocycles. The van der Waals surface area contributed by atoms with E-state index in [1.807, 2.05) is 0 Å². The Balaban J connectivity index is 2.03. The van der Waals surface area contributed by atoms with Crippen LogP contribution in [0.2, 0.25) is 0 Å². The Morgan fingerprint density at radius 2 is 0.521 bits per heavy atom. The van der Waals surface area contributed by atoms with E-state index in [0.29, 0.717) is 0 Å². The lowest BCUT2D eigenvalue weighted by atomic mass is 10.00. The lowest BCUT2D eigenvalue weighted by Crippen LogP contribution is -1.94. The van der Waals surface area contributed by atoms with Gasteiger partial charge in [0.25, 0.3) is 0 Å². The van der Waals surface area contributed by atoms with Crippen LogP contribution in [0.5, 0.6) is 0 Å². The third-order valence-electron chi connectivity index (χ3n) is 9.45. The fourth-order valence-corrected chi connectivity index (χ4v) is 7.41. The second kappa shape index (κ2) is 16.6. The van der Waals surface area contributed by atoms with Crippen molar-refractivity contribution < 1.29 is 0 Å². The summed E-state index contributed by atoms with van der Waals surface area (Å²) < 4.78 is 0. The monoisotopic (exact) mass is 650 g/mol. The fraction of sp³-hybridized carbons (Fsp3) is 0.600. The average molecular weight is 651 g/mol. The molecule has 3 aromatic heterocycles. The van der Waals surface area contributed by atoms with Crippen molar-refractivity contribution in [3.63, 3.8) is 0 Å². The van der Waals surface area contributed by atoms with Gasteiger partial charge in [0.05, 0.1) is 0 Å². The third kappa shape index (κ3) is 7.18. The van der Waals surface area contributed by atoms with Crippen molar-refractivity contribution in [3.8, 4) is 0 Å². The third-order valence-corrected chi connectivity index (χ3v) is 9.45. The zero-order valence-electron chi connectivity index (χ0n) is 31.0. The Kier molecular flexibility index (Phi) is 12.3. The van der Waals surface area contributed by atoms with Crippen LogP contribution in [0.25, 0.3) is 44.9 Å². The maximum absolute atomic E-state index is 5.41. The fourth-order valence-electron chi connectivity index (χ4n) is 7.41. The van der Waals surface area contributed by atoms with Crippen molar-refractivity contribution in [3.05, 3.63) is 45.6 Å². The normalized spacial score (nSPS) is 13.3.